The summed E-state index contributed by atoms with van der Waals surface area (Å²) in [6.45, 7) is 6.30. The van der Waals surface area contributed by atoms with E-state index in [0.29, 0.717) is 12.3 Å². The van der Waals surface area contributed by atoms with Gasteiger partial charge in [0.15, 0.2) is 5.78 Å². The smallest absolute Gasteiger partial charge is 0.157 e. The van der Waals surface area contributed by atoms with Crippen LogP contribution in [0.4, 0.5) is 0 Å². The first-order chi connectivity index (χ1) is 8.06. The monoisotopic (exact) mass is 240 g/mol. The highest BCUT2D eigenvalue weighted by Gasteiger charge is 2.09. The summed E-state index contributed by atoms with van der Waals surface area (Å²) in [7, 11) is 0. The first-order valence-corrected chi connectivity index (χ1v) is 6.93. The minimum Gasteiger partial charge on any atom is -0.393 e. The highest BCUT2D eigenvalue weighted by atomic mass is 16.3. The second-order valence-electron chi connectivity index (χ2n) is 5.21. The number of allylic oxidation sites excluding steroid dienone is 2. The average molecular weight is 240 g/mol. The SMILES string of the molecule is CCCCCC/C=C/C(=O)CC(O)CC(C)C. The number of hydrogen-bond acceptors (Lipinski definition) is 2. The topological polar surface area (TPSA) is 37.3 Å². The van der Waals surface area contributed by atoms with Gasteiger partial charge < -0.3 is 5.11 Å². The lowest BCUT2D eigenvalue weighted by atomic mass is 10.0. The van der Waals surface area contributed by atoms with Crippen LogP contribution in [0.15, 0.2) is 12.2 Å². The van der Waals surface area contributed by atoms with E-state index in [4.69, 9.17) is 0 Å². The quantitative estimate of drug-likeness (QED) is 0.465. The lowest BCUT2D eigenvalue weighted by molar-refractivity contribution is -0.116. The van der Waals surface area contributed by atoms with Gasteiger partial charge in [-0.25, -0.2) is 0 Å². The molecule has 0 aromatic rings. The van der Waals surface area contributed by atoms with Gasteiger partial charge in [0.25, 0.3) is 0 Å². The average Bonchev–Trinajstić information content (AvgIpc) is 2.21. The Kier molecular flexibility index (Phi) is 10.1. The number of rotatable bonds is 10. The Morgan fingerprint density at radius 3 is 2.53 bits per heavy atom. The van der Waals surface area contributed by atoms with Crippen molar-refractivity contribution >= 4 is 5.78 Å². The highest BCUT2D eigenvalue weighted by Crippen LogP contribution is 2.09. The minimum atomic E-state index is -0.479. The van der Waals surface area contributed by atoms with Gasteiger partial charge in [0.05, 0.1) is 6.10 Å². The first kappa shape index (κ1) is 16.4. The molecule has 0 aliphatic rings. The molecule has 0 rings (SSSR count). The molecular formula is C15H28O2. The molecule has 0 aliphatic carbocycles. The van der Waals surface area contributed by atoms with Crippen LogP contribution in [0.25, 0.3) is 0 Å². The molecule has 17 heavy (non-hydrogen) atoms. The highest BCUT2D eigenvalue weighted by molar-refractivity contribution is 5.89. The van der Waals surface area contributed by atoms with Gasteiger partial charge in [-0.05, 0) is 31.3 Å². The van der Waals surface area contributed by atoms with E-state index < -0.39 is 6.10 Å². The van der Waals surface area contributed by atoms with Crippen LogP contribution in [0.2, 0.25) is 0 Å². The standard InChI is InChI=1S/C15H28O2/c1-4-5-6-7-8-9-10-14(16)12-15(17)11-13(2)3/h9-10,13,15,17H,4-8,11-12H2,1-3H3/b10-9+. The van der Waals surface area contributed by atoms with Crippen molar-refractivity contribution in [1.29, 1.82) is 0 Å². The second-order valence-corrected chi connectivity index (χ2v) is 5.21. The van der Waals surface area contributed by atoms with Crippen molar-refractivity contribution in [2.45, 2.75) is 71.8 Å². The number of hydrogen-bond donors (Lipinski definition) is 1. The zero-order valence-electron chi connectivity index (χ0n) is 11.6. The summed E-state index contributed by atoms with van der Waals surface area (Å²) in [5.74, 6) is 0.490. The van der Waals surface area contributed by atoms with Crippen LogP contribution >= 0.6 is 0 Å². The van der Waals surface area contributed by atoms with Gasteiger partial charge in [0.2, 0.25) is 0 Å². The van der Waals surface area contributed by atoms with Crippen LogP contribution in [-0.4, -0.2) is 17.0 Å². The van der Waals surface area contributed by atoms with Crippen molar-refractivity contribution < 1.29 is 9.90 Å². The molecule has 0 aromatic heterocycles. The Hall–Kier alpha value is -0.630. The molecule has 1 atom stereocenters. The Labute approximate surface area is 106 Å². The van der Waals surface area contributed by atoms with Gasteiger partial charge in [-0.3, -0.25) is 4.79 Å². The summed E-state index contributed by atoms with van der Waals surface area (Å²) in [4.78, 5) is 11.5. The number of carbonyl (C=O) groups excluding carboxylic acids is 1. The number of aliphatic hydroxyl groups is 1. The summed E-state index contributed by atoms with van der Waals surface area (Å²) in [5.41, 5.74) is 0. The molecule has 0 saturated heterocycles. The maximum absolute atomic E-state index is 11.5. The summed E-state index contributed by atoms with van der Waals surface area (Å²) >= 11 is 0. The van der Waals surface area contributed by atoms with Crippen LogP contribution < -0.4 is 0 Å². The van der Waals surface area contributed by atoms with Gasteiger partial charge in [0.1, 0.15) is 0 Å². The van der Waals surface area contributed by atoms with Gasteiger partial charge >= 0.3 is 0 Å². The third-order valence-electron chi connectivity index (χ3n) is 2.71. The maximum Gasteiger partial charge on any atom is 0.157 e. The molecule has 2 nitrogen and oxygen atoms in total. The molecule has 0 spiro atoms. The molecule has 0 bridgehead atoms. The van der Waals surface area contributed by atoms with E-state index >= 15 is 0 Å². The zero-order chi connectivity index (χ0) is 13.1. The van der Waals surface area contributed by atoms with Crippen LogP contribution in [0.3, 0.4) is 0 Å². The number of unbranched alkanes of at least 4 members (excludes halogenated alkanes) is 4. The van der Waals surface area contributed by atoms with Crippen LogP contribution in [0.1, 0.15) is 65.7 Å². The van der Waals surface area contributed by atoms with Crippen molar-refractivity contribution in [2.24, 2.45) is 5.92 Å². The van der Waals surface area contributed by atoms with Crippen LogP contribution in [-0.2, 0) is 4.79 Å². The number of aliphatic hydroxyl groups excluding tert-OH is 1. The van der Waals surface area contributed by atoms with Gasteiger partial charge in [-0.1, -0.05) is 46.1 Å². The molecule has 0 amide bonds. The predicted octanol–water partition coefficient (Wildman–Crippen LogP) is 3.88. The van der Waals surface area contributed by atoms with E-state index in [0.717, 1.165) is 12.8 Å². The molecule has 0 saturated carbocycles. The largest absolute Gasteiger partial charge is 0.393 e. The summed E-state index contributed by atoms with van der Waals surface area (Å²) in [6.07, 6.45) is 9.96. The molecule has 0 aromatic carbocycles. The molecule has 100 valence electrons. The van der Waals surface area contributed by atoms with E-state index in [1.807, 2.05) is 6.08 Å². The van der Waals surface area contributed by atoms with Crippen molar-refractivity contribution in [3.8, 4) is 0 Å². The van der Waals surface area contributed by atoms with Crippen molar-refractivity contribution in [1.82, 2.24) is 0 Å². The predicted molar refractivity (Wildman–Crippen MR) is 73.0 cm³/mol. The summed E-state index contributed by atoms with van der Waals surface area (Å²) in [5, 5.41) is 9.61. The third kappa shape index (κ3) is 11.6. The Morgan fingerprint density at radius 1 is 1.24 bits per heavy atom. The Balaban J connectivity index is 3.60. The van der Waals surface area contributed by atoms with Crippen LogP contribution in [0.5, 0.6) is 0 Å². The van der Waals surface area contributed by atoms with Gasteiger partial charge in [-0.2, -0.15) is 0 Å². The molecular weight excluding hydrogens is 212 g/mol. The molecule has 1 unspecified atom stereocenters. The maximum atomic E-state index is 11.5. The molecule has 0 heterocycles. The first-order valence-electron chi connectivity index (χ1n) is 6.93. The minimum absolute atomic E-state index is 0.0497. The molecule has 0 radical (unpaired) electrons. The molecule has 1 N–H and O–H groups in total. The lowest BCUT2D eigenvalue weighted by Crippen LogP contribution is -2.14. The van der Waals surface area contributed by atoms with Crippen molar-refractivity contribution in [3.05, 3.63) is 12.2 Å². The van der Waals surface area contributed by atoms with Crippen LogP contribution in [0, 0.1) is 5.92 Å². The van der Waals surface area contributed by atoms with Crippen molar-refractivity contribution in [2.75, 3.05) is 0 Å². The summed E-state index contributed by atoms with van der Waals surface area (Å²) < 4.78 is 0. The van der Waals surface area contributed by atoms with E-state index in [1.165, 1.54) is 19.3 Å². The molecule has 2 heteroatoms. The zero-order valence-corrected chi connectivity index (χ0v) is 11.6. The van der Waals surface area contributed by atoms with Gasteiger partial charge in [-0.15, -0.1) is 0 Å². The van der Waals surface area contributed by atoms with Crippen molar-refractivity contribution in [3.63, 3.8) is 0 Å². The van der Waals surface area contributed by atoms with E-state index in [2.05, 4.69) is 20.8 Å². The molecule has 0 fully saturated rings. The second kappa shape index (κ2) is 10.5. The number of ketones is 1. The van der Waals surface area contributed by atoms with Gasteiger partial charge in [0, 0.05) is 6.42 Å². The third-order valence-corrected chi connectivity index (χ3v) is 2.71. The summed E-state index contributed by atoms with van der Waals surface area (Å²) in [6, 6.07) is 0. The number of carbonyl (C=O) groups is 1. The Bertz CT molecular complexity index is 219. The fourth-order valence-corrected chi connectivity index (χ4v) is 1.83. The Morgan fingerprint density at radius 2 is 1.94 bits per heavy atom. The fourth-order valence-electron chi connectivity index (χ4n) is 1.83. The van der Waals surface area contributed by atoms with E-state index in [9.17, 15) is 9.90 Å². The van der Waals surface area contributed by atoms with E-state index in [1.54, 1.807) is 6.08 Å². The normalized spacial score (nSPS) is 13.5. The fraction of sp³-hybridized carbons (Fsp3) is 0.800. The molecule has 0 aliphatic heterocycles. The van der Waals surface area contributed by atoms with E-state index in [-0.39, 0.29) is 12.2 Å². The lowest BCUT2D eigenvalue weighted by Gasteiger charge is -2.10.